The number of halogens is 1. The molecule has 0 aromatic carbocycles. The van der Waals surface area contributed by atoms with E-state index in [-0.39, 0.29) is 0 Å². The van der Waals surface area contributed by atoms with Crippen molar-refractivity contribution in [1.82, 2.24) is 9.88 Å². The maximum atomic E-state index is 5.80. The van der Waals surface area contributed by atoms with Gasteiger partial charge in [-0.1, -0.05) is 17.7 Å². The smallest absolute Gasteiger partial charge is 0.129 e. The van der Waals surface area contributed by atoms with Gasteiger partial charge >= 0.3 is 0 Å². The fourth-order valence-electron chi connectivity index (χ4n) is 1.26. The summed E-state index contributed by atoms with van der Waals surface area (Å²) in [7, 11) is 2.04. The second kappa shape index (κ2) is 6.77. The van der Waals surface area contributed by atoms with Gasteiger partial charge in [0.1, 0.15) is 5.15 Å². The molecule has 0 fully saturated rings. The lowest BCUT2D eigenvalue weighted by atomic mass is 10.3. The average Bonchev–Trinajstić information content (AvgIpc) is 2.18. The van der Waals surface area contributed by atoms with Gasteiger partial charge in [0.05, 0.1) is 12.3 Å². The number of ether oxygens (including phenoxy) is 1. The molecule has 0 aliphatic rings. The van der Waals surface area contributed by atoms with Gasteiger partial charge in [0, 0.05) is 19.7 Å². The summed E-state index contributed by atoms with van der Waals surface area (Å²) in [5.41, 5.74) is 0.987. The minimum absolute atomic E-state index is 0.547. The summed E-state index contributed by atoms with van der Waals surface area (Å²) in [6, 6.07) is 5.68. The highest BCUT2D eigenvalue weighted by Gasteiger charge is 2.01. The normalized spacial score (nSPS) is 10.9. The van der Waals surface area contributed by atoms with Gasteiger partial charge < -0.3 is 4.74 Å². The summed E-state index contributed by atoms with van der Waals surface area (Å²) in [5.74, 6) is 0. The molecule has 1 aromatic rings. The molecule has 0 unspecified atom stereocenters. The SMILES string of the molecule is CCOCCN(C)Cc1cccc(Cl)n1. The summed E-state index contributed by atoms with van der Waals surface area (Å²) in [6.45, 7) is 5.23. The third-order valence-electron chi connectivity index (χ3n) is 2.03. The van der Waals surface area contributed by atoms with E-state index in [1.807, 2.05) is 26.1 Å². The first-order chi connectivity index (χ1) is 7.22. The van der Waals surface area contributed by atoms with Gasteiger partial charge in [-0.25, -0.2) is 4.98 Å². The van der Waals surface area contributed by atoms with Gasteiger partial charge in [-0.15, -0.1) is 0 Å². The molecule has 0 amide bonds. The molecular formula is C11H17ClN2O. The van der Waals surface area contributed by atoms with E-state index >= 15 is 0 Å². The van der Waals surface area contributed by atoms with Gasteiger partial charge in [0.15, 0.2) is 0 Å². The molecule has 3 nitrogen and oxygen atoms in total. The van der Waals surface area contributed by atoms with E-state index in [1.165, 1.54) is 0 Å². The van der Waals surface area contributed by atoms with Crippen LogP contribution in [0.15, 0.2) is 18.2 Å². The Balaban J connectivity index is 2.34. The third-order valence-corrected chi connectivity index (χ3v) is 2.24. The van der Waals surface area contributed by atoms with Gasteiger partial charge in [-0.05, 0) is 26.1 Å². The zero-order valence-electron chi connectivity index (χ0n) is 9.24. The zero-order chi connectivity index (χ0) is 11.1. The minimum atomic E-state index is 0.547. The van der Waals surface area contributed by atoms with Crippen LogP contribution in [0.1, 0.15) is 12.6 Å². The molecule has 1 aromatic heterocycles. The minimum Gasteiger partial charge on any atom is -0.380 e. The van der Waals surface area contributed by atoms with Gasteiger partial charge in [-0.2, -0.15) is 0 Å². The van der Waals surface area contributed by atoms with E-state index in [0.717, 1.165) is 32.0 Å². The predicted octanol–water partition coefficient (Wildman–Crippen LogP) is 2.20. The van der Waals surface area contributed by atoms with Gasteiger partial charge in [-0.3, -0.25) is 4.90 Å². The highest BCUT2D eigenvalue weighted by atomic mass is 35.5. The Labute approximate surface area is 96.0 Å². The van der Waals surface area contributed by atoms with Crippen molar-refractivity contribution in [3.05, 3.63) is 29.0 Å². The van der Waals surface area contributed by atoms with Crippen molar-refractivity contribution in [3.8, 4) is 0 Å². The number of hydrogen-bond acceptors (Lipinski definition) is 3. The molecule has 0 bridgehead atoms. The van der Waals surface area contributed by atoms with Crippen molar-refractivity contribution in [1.29, 1.82) is 0 Å². The lowest BCUT2D eigenvalue weighted by Gasteiger charge is -2.15. The van der Waals surface area contributed by atoms with Crippen LogP contribution in [0.4, 0.5) is 0 Å². The molecule has 0 radical (unpaired) electrons. The molecule has 0 N–H and O–H groups in total. The van der Waals surface area contributed by atoms with Crippen LogP contribution in [-0.2, 0) is 11.3 Å². The highest BCUT2D eigenvalue weighted by molar-refractivity contribution is 6.29. The van der Waals surface area contributed by atoms with Crippen molar-refractivity contribution in [2.45, 2.75) is 13.5 Å². The Hall–Kier alpha value is -0.640. The number of aromatic nitrogens is 1. The monoisotopic (exact) mass is 228 g/mol. The number of likely N-dealkylation sites (N-methyl/N-ethyl adjacent to an activating group) is 1. The van der Waals surface area contributed by atoms with Gasteiger partial charge in [0.2, 0.25) is 0 Å². The first-order valence-electron chi connectivity index (χ1n) is 5.10. The summed E-state index contributed by atoms with van der Waals surface area (Å²) >= 11 is 5.80. The van der Waals surface area contributed by atoms with Crippen LogP contribution < -0.4 is 0 Å². The molecule has 0 aliphatic carbocycles. The highest BCUT2D eigenvalue weighted by Crippen LogP contribution is 2.06. The van der Waals surface area contributed by atoms with Crippen molar-refractivity contribution in [2.75, 3.05) is 26.8 Å². The molecule has 0 spiro atoms. The third kappa shape index (κ3) is 5.11. The summed E-state index contributed by atoms with van der Waals surface area (Å²) in [6.07, 6.45) is 0. The second-order valence-corrected chi connectivity index (χ2v) is 3.77. The summed E-state index contributed by atoms with van der Waals surface area (Å²) in [5, 5.41) is 0.547. The summed E-state index contributed by atoms with van der Waals surface area (Å²) < 4.78 is 5.28. The fourth-order valence-corrected chi connectivity index (χ4v) is 1.44. The zero-order valence-corrected chi connectivity index (χ0v) is 10.00. The Bertz CT molecular complexity index is 294. The Morgan fingerprint density at radius 3 is 2.93 bits per heavy atom. The first kappa shape index (κ1) is 12.4. The molecule has 15 heavy (non-hydrogen) atoms. The number of hydrogen-bond donors (Lipinski definition) is 0. The molecule has 0 saturated heterocycles. The Morgan fingerprint density at radius 2 is 2.27 bits per heavy atom. The first-order valence-corrected chi connectivity index (χ1v) is 5.48. The second-order valence-electron chi connectivity index (χ2n) is 3.39. The largest absolute Gasteiger partial charge is 0.380 e. The molecule has 1 rings (SSSR count). The van der Waals surface area contributed by atoms with E-state index in [1.54, 1.807) is 6.07 Å². The van der Waals surface area contributed by atoms with Gasteiger partial charge in [0.25, 0.3) is 0 Å². The number of nitrogens with zero attached hydrogens (tertiary/aromatic N) is 2. The van der Waals surface area contributed by atoms with E-state index in [0.29, 0.717) is 5.15 Å². The van der Waals surface area contributed by atoms with Crippen molar-refractivity contribution >= 4 is 11.6 Å². The van der Waals surface area contributed by atoms with Crippen molar-refractivity contribution in [3.63, 3.8) is 0 Å². The lowest BCUT2D eigenvalue weighted by Crippen LogP contribution is -2.23. The van der Waals surface area contributed by atoms with Crippen LogP contribution in [0.5, 0.6) is 0 Å². The predicted molar refractivity (Wildman–Crippen MR) is 62.1 cm³/mol. The number of pyridine rings is 1. The van der Waals surface area contributed by atoms with Crippen LogP contribution in [0, 0.1) is 0 Å². The molecular weight excluding hydrogens is 212 g/mol. The summed E-state index contributed by atoms with van der Waals surface area (Å²) in [4.78, 5) is 6.39. The van der Waals surface area contributed by atoms with Crippen LogP contribution in [0.2, 0.25) is 5.15 Å². The standard InChI is InChI=1S/C11H17ClN2O/c1-3-15-8-7-14(2)9-10-5-4-6-11(12)13-10/h4-6H,3,7-9H2,1-2H3. The average molecular weight is 229 g/mol. The fraction of sp³-hybridized carbons (Fsp3) is 0.545. The molecule has 0 atom stereocenters. The molecule has 1 heterocycles. The maximum absolute atomic E-state index is 5.80. The molecule has 84 valence electrons. The van der Waals surface area contributed by atoms with E-state index in [4.69, 9.17) is 16.3 Å². The van der Waals surface area contributed by atoms with Crippen LogP contribution in [0.3, 0.4) is 0 Å². The maximum Gasteiger partial charge on any atom is 0.129 e. The Kier molecular flexibility index (Phi) is 5.61. The van der Waals surface area contributed by atoms with Crippen LogP contribution >= 0.6 is 11.6 Å². The lowest BCUT2D eigenvalue weighted by molar-refractivity contribution is 0.120. The topological polar surface area (TPSA) is 25.4 Å². The Morgan fingerprint density at radius 1 is 1.47 bits per heavy atom. The molecule has 0 saturated carbocycles. The van der Waals surface area contributed by atoms with Crippen molar-refractivity contribution < 1.29 is 4.74 Å². The van der Waals surface area contributed by atoms with E-state index in [9.17, 15) is 0 Å². The molecule has 0 aliphatic heterocycles. The quantitative estimate of drug-likeness (QED) is 0.552. The van der Waals surface area contributed by atoms with E-state index in [2.05, 4.69) is 9.88 Å². The van der Waals surface area contributed by atoms with Crippen LogP contribution in [-0.4, -0.2) is 36.7 Å². The van der Waals surface area contributed by atoms with Crippen molar-refractivity contribution in [2.24, 2.45) is 0 Å². The molecule has 4 heteroatoms. The van der Waals surface area contributed by atoms with Crippen LogP contribution in [0.25, 0.3) is 0 Å². The van der Waals surface area contributed by atoms with E-state index < -0.39 is 0 Å². The number of rotatable bonds is 6.